The first-order valence-corrected chi connectivity index (χ1v) is 15.8. The van der Waals surface area contributed by atoms with Crippen LogP contribution in [-0.2, 0) is 30.8 Å². The van der Waals surface area contributed by atoms with Crippen LogP contribution in [0.2, 0.25) is 0 Å². The second-order valence-electron chi connectivity index (χ2n) is 11.9. The van der Waals surface area contributed by atoms with E-state index in [1.807, 2.05) is 58.0 Å². The largest absolute Gasteiger partial charge is 0.444 e. The van der Waals surface area contributed by atoms with Crippen molar-refractivity contribution in [2.24, 2.45) is 11.8 Å². The van der Waals surface area contributed by atoms with E-state index in [-0.39, 0.29) is 24.7 Å². The van der Waals surface area contributed by atoms with Gasteiger partial charge in [-0.05, 0) is 44.1 Å². The summed E-state index contributed by atoms with van der Waals surface area (Å²) in [5.41, 5.74) is 0.0257. The third-order valence-electron chi connectivity index (χ3n) is 8.40. The minimum absolute atomic E-state index is 0.0935. The Morgan fingerprint density at radius 3 is 2.37 bits per heavy atom. The average Bonchev–Trinajstić information content (AvgIpc) is 3.16. The summed E-state index contributed by atoms with van der Waals surface area (Å²) in [6.45, 7) is 9.50. The quantitative estimate of drug-likeness (QED) is 0.421. The molecule has 0 spiro atoms. The number of benzene rings is 1. The molecule has 2 saturated heterocycles. The average molecular weight is 551 g/mol. The van der Waals surface area contributed by atoms with Gasteiger partial charge >= 0.3 is 6.09 Å². The molecule has 0 radical (unpaired) electrons. The fourth-order valence-corrected chi connectivity index (χ4v) is 8.56. The van der Waals surface area contributed by atoms with Crippen molar-refractivity contribution in [1.82, 2.24) is 9.21 Å². The number of rotatable bonds is 9. The molecule has 0 N–H and O–H groups in total. The monoisotopic (exact) mass is 550 g/mol. The molecular formula is C29H46N2O6S. The number of nitrogens with zero attached hydrogens (tertiary/aromatic N) is 2. The summed E-state index contributed by atoms with van der Waals surface area (Å²) in [5, 5.41) is -0.601. The van der Waals surface area contributed by atoms with Crippen LogP contribution in [-0.4, -0.2) is 73.1 Å². The predicted molar refractivity (Wildman–Crippen MR) is 147 cm³/mol. The molecule has 1 aromatic rings. The van der Waals surface area contributed by atoms with Gasteiger partial charge in [-0.15, -0.1) is 0 Å². The number of hydrogen-bond acceptors (Lipinski definition) is 6. The molecule has 0 aromatic heterocycles. The van der Waals surface area contributed by atoms with Gasteiger partial charge in [0.15, 0.2) is 0 Å². The predicted octanol–water partition coefficient (Wildman–Crippen LogP) is 5.18. The molecule has 0 bridgehead atoms. The second-order valence-corrected chi connectivity index (χ2v) is 14.0. The van der Waals surface area contributed by atoms with Crippen LogP contribution in [0.25, 0.3) is 0 Å². The SMILES string of the molecule is CC(C)[C@@H](C[C@@H]1OC(C)(C)N(C(=O)OCc2ccccc2)[C@H]1CC1CCCCC1)S(=O)(=O)N1CCOCC1. The van der Waals surface area contributed by atoms with E-state index < -0.39 is 27.1 Å². The minimum atomic E-state index is -3.55. The van der Waals surface area contributed by atoms with Crippen LogP contribution >= 0.6 is 0 Å². The minimum Gasteiger partial charge on any atom is -0.444 e. The van der Waals surface area contributed by atoms with Crippen molar-refractivity contribution < 1.29 is 27.4 Å². The van der Waals surface area contributed by atoms with E-state index in [0.29, 0.717) is 38.6 Å². The highest BCUT2D eigenvalue weighted by Gasteiger charge is 2.53. The van der Waals surface area contributed by atoms with E-state index in [0.717, 1.165) is 24.8 Å². The van der Waals surface area contributed by atoms with Crippen LogP contribution in [0.1, 0.15) is 78.2 Å². The topological polar surface area (TPSA) is 85.4 Å². The lowest BCUT2D eigenvalue weighted by atomic mass is 9.82. The molecule has 38 heavy (non-hydrogen) atoms. The highest BCUT2D eigenvalue weighted by atomic mass is 32.2. The van der Waals surface area contributed by atoms with Crippen LogP contribution in [0.4, 0.5) is 4.79 Å². The van der Waals surface area contributed by atoms with Crippen LogP contribution in [0, 0.1) is 11.8 Å². The molecule has 2 heterocycles. The summed E-state index contributed by atoms with van der Waals surface area (Å²) in [6.07, 6.45) is 6.28. The first kappa shape index (κ1) is 29.3. The zero-order valence-corrected chi connectivity index (χ0v) is 24.3. The van der Waals surface area contributed by atoms with Gasteiger partial charge in [-0.3, -0.25) is 4.90 Å². The van der Waals surface area contributed by atoms with Crippen molar-refractivity contribution in [3.05, 3.63) is 35.9 Å². The molecular weight excluding hydrogens is 504 g/mol. The van der Waals surface area contributed by atoms with E-state index in [1.54, 1.807) is 9.21 Å². The standard InChI is InChI=1S/C29H46N2O6S/c1-22(2)27(38(33,34)30-15-17-35-18-16-30)20-26-25(19-23-11-7-5-8-12-23)31(29(3,4)37-26)28(32)36-21-24-13-9-6-10-14-24/h6,9-10,13-14,22-23,25-27H,5,7-8,11-12,15-21H2,1-4H3/t25-,26-,27+/m0/s1. The van der Waals surface area contributed by atoms with Crippen LogP contribution in [0.3, 0.4) is 0 Å². The number of ether oxygens (including phenoxy) is 3. The molecule has 2 aliphatic heterocycles. The first-order valence-electron chi connectivity index (χ1n) is 14.3. The van der Waals surface area contributed by atoms with Gasteiger partial charge in [0.1, 0.15) is 12.3 Å². The van der Waals surface area contributed by atoms with Crippen LogP contribution in [0.5, 0.6) is 0 Å². The highest BCUT2D eigenvalue weighted by Crippen LogP contribution is 2.41. The zero-order valence-electron chi connectivity index (χ0n) is 23.5. The maximum Gasteiger partial charge on any atom is 0.412 e. The Bertz CT molecular complexity index is 1000. The Kier molecular flexibility index (Phi) is 9.77. The number of hydrogen-bond donors (Lipinski definition) is 0. The lowest BCUT2D eigenvalue weighted by Crippen LogP contribution is -2.50. The Hall–Kier alpha value is -1.68. The maximum atomic E-state index is 13.8. The van der Waals surface area contributed by atoms with Crippen LogP contribution in [0.15, 0.2) is 30.3 Å². The Morgan fingerprint density at radius 1 is 1.08 bits per heavy atom. The molecule has 214 valence electrons. The second kappa shape index (κ2) is 12.7. The van der Waals surface area contributed by atoms with Crippen LogP contribution < -0.4 is 0 Å². The number of amides is 1. The molecule has 3 aliphatic rings. The van der Waals surface area contributed by atoms with Gasteiger partial charge in [0.25, 0.3) is 0 Å². The van der Waals surface area contributed by atoms with Crippen molar-refractivity contribution in [1.29, 1.82) is 0 Å². The molecule has 3 atom stereocenters. The molecule has 9 heteroatoms. The Morgan fingerprint density at radius 2 is 1.74 bits per heavy atom. The lowest BCUT2D eigenvalue weighted by Gasteiger charge is -2.36. The third-order valence-corrected chi connectivity index (χ3v) is 11.0. The van der Waals surface area contributed by atoms with Crippen molar-refractivity contribution in [3.63, 3.8) is 0 Å². The van der Waals surface area contributed by atoms with E-state index in [1.165, 1.54) is 19.3 Å². The fourth-order valence-electron chi connectivity index (χ4n) is 6.40. The molecule has 1 aromatic carbocycles. The summed E-state index contributed by atoms with van der Waals surface area (Å²) in [4.78, 5) is 15.3. The third kappa shape index (κ3) is 6.90. The van der Waals surface area contributed by atoms with Crippen molar-refractivity contribution in [3.8, 4) is 0 Å². The molecule has 8 nitrogen and oxygen atoms in total. The van der Waals surface area contributed by atoms with Gasteiger partial charge in [0.05, 0.1) is 30.6 Å². The van der Waals surface area contributed by atoms with E-state index in [4.69, 9.17) is 14.2 Å². The molecule has 3 fully saturated rings. The summed E-state index contributed by atoms with van der Waals surface area (Å²) in [6, 6.07) is 9.42. The number of carbonyl (C=O) groups is 1. The molecule has 0 unspecified atom stereocenters. The summed E-state index contributed by atoms with van der Waals surface area (Å²) >= 11 is 0. The van der Waals surface area contributed by atoms with Gasteiger partial charge in [-0.2, -0.15) is 4.31 Å². The molecule has 1 aliphatic carbocycles. The van der Waals surface area contributed by atoms with Gasteiger partial charge in [-0.1, -0.05) is 76.3 Å². The Labute approximate surface area is 229 Å². The van der Waals surface area contributed by atoms with Gasteiger partial charge in [0, 0.05) is 13.1 Å². The number of carbonyl (C=O) groups excluding carboxylic acids is 1. The Balaban J connectivity index is 1.57. The van der Waals surface area contributed by atoms with Crippen molar-refractivity contribution in [2.45, 2.75) is 102 Å². The molecule has 1 saturated carbocycles. The number of morpholine rings is 1. The van der Waals surface area contributed by atoms with E-state index >= 15 is 0 Å². The fraction of sp³-hybridized carbons (Fsp3) is 0.759. The van der Waals surface area contributed by atoms with E-state index in [2.05, 4.69) is 0 Å². The van der Waals surface area contributed by atoms with Gasteiger partial charge in [-0.25, -0.2) is 13.2 Å². The van der Waals surface area contributed by atoms with Gasteiger partial charge < -0.3 is 14.2 Å². The number of sulfonamides is 1. The normalized spacial score (nSPS) is 26.0. The summed E-state index contributed by atoms with van der Waals surface area (Å²) in [7, 11) is -3.55. The molecule has 1 amide bonds. The zero-order chi connectivity index (χ0) is 27.3. The molecule has 4 rings (SSSR count). The van der Waals surface area contributed by atoms with E-state index in [9.17, 15) is 13.2 Å². The lowest BCUT2D eigenvalue weighted by molar-refractivity contribution is -0.0728. The van der Waals surface area contributed by atoms with Gasteiger partial charge in [0.2, 0.25) is 10.0 Å². The maximum absolute atomic E-state index is 13.8. The first-order chi connectivity index (χ1) is 18.1. The summed E-state index contributed by atoms with van der Waals surface area (Å²) in [5.74, 6) is 0.399. The van der Waals surface area contributed by atoms with Crippen molar-refractivity contribution in [2.75, 3.05) is 26.3 Å². The smallest absolute Gasteiger partial charge is 0.412 e. The van der Waals surface area contributed by atoms with Crippen molar-refractivity contribution >= 4 is 16.1 Å². The highest BCUT2D eigenvalue weighted by molar-refractivity contribution is 7.89. The summed E-state index contributed by atoms with van der Waals surface area (Å²) < 4.78 is 46.9.